The van der Waals surface area contributed by atoms with Crippen molar-refractivity contribution < 1.29 is 9.47 Å². The van der Waals surface area contributed by atoms with E-state index in [1.165, 1.54) is 10.4 Å². The van der Waals surface area contributed by atoms with Crippen LogP contribution >= 0.6 is 11.3 Å². The highest BCUT2D eigenvalue weighted by molar-refractivity contribution is 7.12. The number of benzene rings is 2. The van der Waals surface area contributed by atoms with Gasteiger partial charge in [-0.25, -0.2) is 4.98 Å². The number of ether oxygens (including phenoxy) is 2. The van der Waals surface area contributed by atoms with Gasteiger partial charge in [-0.3, -0.25) is 5.43 Å². The highest BCUT2D eigenvalue weighted by atomic mass is 32.1. The monoisotopic (exact) mass is 421 g/mol. The SMILES string of the molecule is COc1ccc(-c2nc(C3(c4ccccc4N4NC=NN4)CC3)sc2C)c(OC)c1. The Bertz CT molecular complexity index is 1110. The molecule has 30 heavy (non-hydrogen) atoms. The molecule has 2 N–H and O–H groups in total. The molecule has 0 atom stereocenters. The first kappa shape index (κ1) is 18.7. The Morgan fingerprint density at radius 3 is 2.63 bits per heavy atom. The Balaban J connectivity index is 1.56. The van der Waals surface area contributed by atoms with Gasteiger partial charge in [0.05, 0.1) is 25.6 Å². The van der Waals surface area contributed by atoms with Gasteiger partial charge in [0, 0.05) is 21.9 Å². The number of aryl methyl sites for hydroxylation is 1. The molecule has 2 heterocycles. The van der Waals surface area contributed by atoms with Crippen LogP contribution in [-0.4, -0.2) is 25.5 Å². The van der Waals surface area contributed by atoms with Gasteiger partial charge in [0.1, 0.15) is 22.8 Å². The van der Waals surface area contributed by atoms with E-state index in [9.17, 15) is 0 Å². The molecule has 1 fully saturated rings. The highest BCUT2D eigenvalue weighted by Gasteiger charge is 2.50. The number of hydrazine groups is 2. The van der Waals surface area contributed by atoms with Crippen molar-refractivity contribution in [3.63, 3.8) is 0 Å². The van der Waals surface area contributed by atoms with Crippen molar-refractivity contribution in [3.05, 3.63) is 57.9 Å². The number of nitrogens with one attached hydrogen (secondary N) is 2. The third-order valence-electron chi connectivity index (χ3n) is 5.69. The van der Waals surface area contributed by atoms with Crippen LogP contribution in [0.1, 0.15) is 28.3 Å². The molecule has 5 rings (SSSR count). The van der Waals surface area contributed by atoms with E-state index in [1.807, 2.05) is 29.4 Å². The smallest absolute Gasteiger partial charge is 0.131 e. The molecule has 2 aliphatic rings. The van der Waals surface area contributed by atoms with E-state index in [-0.39, 0.29) is 5.41 Å². The number of rotatable bonds is 6. The first-order valence-electron chi connectivity index (χ1n) is 9.79. The second-order valence-corrected chi connectivity index (χ2v) is 8.62. The quantitative estimate of drug-likeness (QED) is 0.627. The van der Waals surface area contributed by atoms with Crippen molar-refractivity contribution in [2.75, 3.05) is 19.3 Å². The fourth-order valence-corrected chi connectivity index (χ4v) is 5.16. The second kappa shape index (κ2) is 7.21. The number of hydrogen-bond donors (Lipinski definition) is 2. The topological polar surface area (TPSA) is 71.0 Å². The van der Waals surface area contributed by atoms with E-state index in [0.29, 0.717) is 0 Å². The molecule has 0 amide bonds. The maximum atomic E-state index is 5.63. The fraction of sp³-hybridized carbons (Fsp3) is 0.273. The Hall–Kier alpha value is -3.26. The number of hydrogen-bond acceptors (Lipinski definition) is 8. The Labute approximate surface area is 179 Å². The summed E-state index contributed by atoms with van der Waals surface area (Å²) in [5.74, 6) is 1.53. The largest absolute Gasteiger partial charge is 0.497 e. The summed E-state index contributed by atoms with van der Waals surface area (Å²) in [6.07, 6.45) is 3.79. The van der Waals surface area contributed by atoms with E-state index < -0.39 is 0 Å². The van der Waals surface area contributed by atoms with Crippen LogP contribution in [0.25, 0.3) is 11.3 Å². The molecular formula is C22H23N5O2S. The molecule has 2 aromatic carbocycles. The van der Waals surface area contributed by atoms with Crippen molar-refractivity contribution in [1.82, 2.24) is 15.9 Å². The minimum absolute atomic E-state index is 0.0735. The summed E-state index contributed by atoms with van der Waals surface area (Å²) in [6.45, 7) is 2.12. The van der Waals surface area contributed by atoms with Crippen LogP contribution in [0.3, 0.4) is 0 Å². The number of aromatic nitrogens is 1. The van der Waals surface area contributed by atoms with Crippen molar-refractivity contribution in [2.45, 2.75) is 25.2 Å². The predicted octanol–water partition coefficient (Wildman–Crippen LogP) is 3.99. The third-order valence-corrected chi connectivity index (χ3v) is 6.86. The van der Waals surface area contributed by atoms with Gasteiger partial charge in [-0.1, -0.05) is 18.2 Å². The molecule has 8 heteroatoms. The number of para-hydroxylation sites is 1. The molecule has 0 radical (unpaired) electrons. The maximum Gasteiger partial charge on any atom is 0.131 e. The molecule has 0 bridgehead atoms. The van der Waals surface area contributed by atoms with E-state index >= 15 is 0 Å². The zero-order valence-corrected chi connectivity index (χ0v) is 17.9. The summed E-state index contributed by atoms with van der Waals surface area (Å²) in [4.78, 5) is 6.31. The van der Waals surface area contributed by atoms with Crippen LogP contribution in [-0.2, 0) is 5.41 Å². The van der Waals surface area contributed by atoms with Crippen LogP contribution in [0.5, 0.6) is 11.5 Å². The Morgan fingerprint density at radius 1 is 1.10 bits per heavy atom. The van der Waals surface area contributed by atoms with Crippen molar-refractivity contribution in [1.29, 1.82) is 0 Å². The summed E-state index contributed by atoms with van der Waals surface area (Å²) < 4.78 is 11.0. The summed E-state index contributed by atoms with van der Waals surface area (Å²) in [5, 5.41) is 7.03. The molecule has 7 nitrogen and oxygen atoms in total. The predicted molar refractivity (Wildman–Crippen MR) is 119 cm³/mol. The molecule has 154 valence electrons. The van der Waals surface area contributed by atoms with Gasteiger partial charge in [-0.15, -0.1) is 16.4 Å². The van der Waals surface area contributed by atoms with E-state index in [1.54, 1.807) is 31.9 Å². The molecule has 1 aliphatic carbocycles. The maximum absolute atomic E-state index is 5.63. The van der Waals surface area contributed by atoms with Gasteiger partial charge in [-0.2, -0.15) is 10.7 Å². The van der Waals surface area contributed by atoms with Gasteiger partial charge in [0.25, 0.3) is 0 Å². The molecule has 0 unspecified atom stereocenters. The Kier molecular flexibility index (Phi) is 4.51. The lowest BCUT2D eigenvalue weighted by Gasteiger charge is -2.24. The molecule has 1 aromatic heterocycles. The first-order chi connectivity index (χ1) is 14.7. The normalized spacial score (nSPS) is 16.2. The summed E-state index contributed by atoms with van der Waals surface area (Å²) >= 11 is 1.77. The third kappa shape index (κ3) is 2.95. The van der Waals surface area contributed by atoms with E-state index in [2.05, 4.69) is 41.2 Å². The zero-order valence-electron chi connectivity index (χ0n) is 17.1. The molecular weight excluding hydrogens is 398 g/mol. The number of nitrogens with zero attached hydrogens (tertiary/aromatic N) is 3. The molecule has 1 aliphatic heterocycles. The van der Waals surface area contributed by atoms with E-state index in [0.717, 1.165) is 46.3 Å². The summed E-state index contributed by atoms with van der Waals surface area (Å²) in [7, 11) is 3.34. The van der Waals surface area contributed by atoms with Crippen molar-refractivity contribution in [2.24, 2.45) is 5.10 Å². The fourth-order valence-electron chi connectivity index (χ4n) is 3.97. The second-order valence-electron chi connectivity index (χ2n) is 7.41. The van der Waals surface area contributed by atoms with E-state index in [4.69, 9.17) is 14.5 Å². The van der Waals surface area contributed by atoms with Crippen LogP contribution in [0.2, 0.25) is 0 Å². The highest BCUT2D eigenvalue weighted by Crippen LogP contribution is 2.57. The molecule has 3 aromatic rings. The van der Waals surface area contributed by atoms with Crippen molar-refractivity contribution >= 4 is 23.4 Å². The van der Waals surface area contributed by atoms with Crippen LogP contribution in [0.4, 0.5) is 5.69 Å². The summed E-state index contributed by atoms with van der Waals surface area (Å²) in [6, 6.07) is 14.3. The molecule has 1 saturated carbocycles. The lowest BCUT2D eigenvalue weighted by Crippen LogP contribution is -2.40. The van der Waals surface area contributed by atoms with Crippen LogP contribution in [0.15, 0.2) is 47.6 Å². The number of hydrazone groups is 1. The lowest BCUT2D eigenvalue weighted by atomic mass is 9.94. The van der Waals surface area contributed by atoms with Gasteiger partial charge in [-0.05, 0) is 43.5 Å². The van der Waals surface area contributed by atoms with Gasteiger partial charge in [0.2, 0.25) is 0 Å². The van der Waals surface area contributed by atoms with Crippen LogP contribution in [0, 0.1) is 6.92 Å². The van der Waals surface area contributed by atoms with Crippen molar-refractivity contribution in [3.8, 4) is 22.8 Å². The van der Waals surface area contributed by atoms with Gasteiger partial charge >= 0.3 is 0 Å². The average Bonchev–Trinajstić information content (AvgIpc) is 3.22. The zero-order chi connectivity index (χ0) is 20.7. The number of thiazole rings is 1. The molecule has 0 spiro atoms. The average molecular weight is 422 g/mol. The summed E-state index contributed by atoms with van der Waals surface area (Å²) in [5.41, 5.74) is 10.3. The number of methoxy groups -OCH3 is 2. The standard InChI is InChI=1S/C22H23N5O2S/c1-14-20(16-9-8-15(28-2)12-19(16)29-3)25-21(30-14)22(10-11-22)17-6-4-5-7-18(17)27-24-13-23-26-27/h4-9,12-13,26H,10-11H2,1-3H3,(H,23,24). The van der Waals surface area contributed by atoms with Gasteiger partial charge in [0.15, 0.2) is 0 Å². The molecule has 0 saturated heterocycles. The number of anilines is 1. The minimum atomic E-state index is -0.0735. The minimum Gasteiger partial charge on any atom is -0.497 e. The van der Waals surface area contributed by atoms with Gasteiger partial charge < -0.3 is 9.47 Å². The van der Waals surface area contributed by atoms with Crippen LogP contribution < -0.4 is 25.6 Å². The first-order valence-corrected chi connectivity index (χ1v) is 10.6. The lowest BCUT2D eigenvalue weighted by molar-refractivity contribution is 0.395. The Morgan fingerprint density at radius 2 is 1.93 bits per heavy atom.